The van der Waals surface area contributed by atoms with Gasteiger partial charge < -0.3 is 15.0 Å². The summed E-state index contributed by atoms with van der Waals surface area (Å²) in [7, 11) is 0. The van der Waals surface area contributed by atoms with Crippen molar-refractivity contribution in [1.29, 1.82) is 0 Å². The van der Waals surface area contributed by atoms with Crippen LogP contribution >= 0.6 is 0 Å². The fraction of sp³-hybridized carbons (Fsp3) is 0.316. The molecule has 3 rings (SSSR count). The molecule has 2 amide bonds. The molecule has 0 aliphatic carbocycles. The molecule has 1 fully saturated rings. The van der Waals surface area contributed by atoms with E-state index in [1.807, 2.05) is 19.1 Å². The minimum absolute atomic E-state index is 0.0747. The van der Waals surface area contributed by atoms with Crippen LogP contribution in [-0.4, -0.2) is 41.4 Å². The van der Waals surface area contributed by atoms with Crippen LogP contribution in [0.2, 0.25) is 0 Å². The Balaban J connectivity index is 1.76. The van der Waals surface area contributed by atoms with Crippen LogP contribution in [0.25, 0.3) is 0 Å². The highest BCUT2D eigenvalue weighted by Crippen LogP contribution is 2.24. The molecule has 0 atom stereocenters. The highest BCUT2D eigenvalue weighted by Gasteiger charge is 2.21. The number of aromatic nitrogens is 1. The van der Waals surface area contributed by atoms with Gasteiger partial charge in [-0.25, -0.2) is 0 Å². The number of rotatable bonds is 5. The number of benzene rings is 1. The highest BCUT2D eigenvalue weighted by atomic mass is 16.5. The Kier molecular flexibility index (Phi) is 5.28. The van der Waals surface area contributed by atoms with Gasteiger partial charge in [-0.2, -0.15) is 0 Å². The third-order valence-corrected chi connectivity index (χ3v) is 4.08. The molecule has 6 heteroatoms. The molecule has 2 heterocycles. The summed E-state index contributed by atoms with van der Waals surface area (Å²) in [6, 6.07) is 8.83. The summed E-state index contributed by atoms with van der Waals surface area (Å²) < 4.78 is 5.51. The van der Waals surface area contributed by atoms with Crippen LogP contribution in [0.3, 0.4) is 0 Å². The quantitative estimate of drug-likeness (QED) is 0.909. The van der Waals surface area contributed by atoms with E-state index in [-0.39, 0.29) is 11.8 Å². The standard InChI is InChI=1S/C19H21N3O3/c1-2-25-17-8-4-3-7-16(17)21-18(23)14-11-15(13-20-12-14)19(24)22-9-5-6-10-22/h3-4,7-8,11-13H,2,5-6,9-10H2,1H3,(H,21,23). The van der Waals surface area contributed by atoms with Crippen LogP contribution < -0.4 is 10.1 Å². The first-order valence-electron chi connectivity index (χ1n) is 8.46. The number of para-hydroxylation sites is 2. The summed E-state index contributed by atoms with van der Waals surface area (Å²) in [5, 5.41) is 2.82. The maximum Gasteiger partial charge on any atom is 0.257 e. The monoisotopic (exact) mass is 339 g/mol. The molecule has 1 aliphatic rings. The van der Waals surface area contributed by atoms with E-state index >= 15 is 0 Å². The van der Waals surface area contributed by atoms with Crippen molar-refractivity contribution in [3.05, 3.63) is 53.9 Å². The number of hydrogen-bond acceptors (Lipinski definition) is 4. The van der Waals surface area contributed by atoms with Gasteiger partial charge in [-0.3, -0.25) is 14.6 Å². The van der Waals surface area contributed by atoms with E-state index in [1.54, 1.807) is 23.1 Å². The number of likely N-dealkylation sites (tertiary alicyclic amines) is 1. The van der Waals surface area contributed by atoms with Gasteiger partial charge in [0.05, 0.1) is 23.4 Å². The number of carbonyl (C=O) groups excluding carboxylic acids is 2. The van der Waals surface area contributed by atoms with Crippen molar-refractivity contribution in [2.75, 3.05) is 25.0 Å². The second kappa shape index (κ2) is 7.79. The predicted octanol–water partition coefficient (Wildman–Crippen LogP) is 2.97. The van der Waals surface area contributed by atoms with Crippen molar-refractivity contribution in [3.8, 4) is 5.75 Å². The molecule has 1 saturated heterocycles. The molecule has 0 saturated carbocycles. The van der Waals surface area contributed by atoms with Crippen LogP contribution in [0.5, 0.6) is 5.75 Å². The number of anilines is 1. The Labute approximate surface area is 146 Å². The number of pyridine rings is 1. The van der Waals surface area contributed by atoms with E-state index in [1.165, 1.54) is 12.4 Å². The van der Waals surface area contributed by atoms with E-state index in [0.717, 1.165) is 25.9 Å². The lowest BCUT2D eigenvalue weighted by molar-refractivity contribution is 0.0792. The fourth-order valence-electron chi connectivity index (χ4n) is 2.83. The first-order valence-corrected chi connectivity index (χ1v) is 8.46. The van der Waals surface area contributed by atoms with Gasteiger partial charge in [0, 0.05) is 25.5 Å². The van der Waals surface area contributed by atoms with E-state index < -0.39 is 0 Å². The number of carbonyl (C=O) groups is 2. The topological polar surface area (TPSA) is 71.5 Å². The molecule has 6 nitrogen and oxygen atoms in total. The summed E-state index contributed by atoms with van der Waals surface area (Å²) >= 11 is 0. The maximum absolute atomic E-state index is 12.5. The number of amides is 2. The molecule has 0 radical (unpaired) electrons. The first-order chi connectivity index (χ1) is 12.2. The lowest BCUT2D eigenvalue weighted by atomic mass is 10.1. The van der Waals surface area contributed by atoms with Gasteiger partial charge >= 0.3 is 0 Å². The minimum atomic E-state index is -0.323. The SMILES string of the molecule is CCOc1ccccc1NC(=O)c1cncc(C(=O)N2CCCC2)c1. The minimum Gasteiger partial charge on any atom is -0.492 e. The average molecular weight is 339 g/mol. The highest BCUT2D eigenvalue weighted by molar-refractivity contribution is 6.06. The molecule has 1 aromatic heterocycles. The molecule has 0 spiro atoms. The average Bonchev–Trinajstić information content (AvgIpc) is 3.18. The smallest absolute Gasteiger partial charge is 0.257 e. The lowest BCUT2D eigenvalue weighted by Gasteiger charge is -2.15. The zero-order valence-corrected chi connectivity index (χ0v) is 14.2. The molecule has 130 valence electrons. The van der Waals surface area contributed by atoms with Gasteiger partial charge in [-0.1, -0.05) is 12.1 Å². The molecule has 1 aliphatic heterocycles. The molecule has 0 bridgehead atoms. The third-order valence-electron chi connectivity index (χ3n) is 4.08. The molecule has 1 N–H and O–H groups in total. The van der Waals surface area contributed by atoms with Crippen molar-refractivity contribution >= 4 is 17.5 Å². The van der Waals surface area contributed by atoms with E-state index in [2.05, 4.69) is 10.3 Å². The van der Waals surface area contributed by atoms with Crippen molar-refractivity contribution < 1.29 is 14.3 Å². The van der Waals surface area contributed by atoms with E-state index in [4.69, 9.17) is 4.74 Å². The van der Waals surface area contributed by atoms with Crippen LogP contribution in [0, 0.1) is 0 Å². The van der Waals surface area contributed by atoms with Crippen molar-refractivity contribution in [2.45, 2.75) is 19.8 Å². The normalized spacial score (nSPS) is 13.6. The van der Waals surface area contributed by atoms with Crippen LogP contribution in [0.1, 0.15) is 40.5 Å². The fourth-order valence-corrected chi connectivity index (χ4v) is 2.83. The Hall–Kier alpha value is -2.89. The van der Waals surface area contributed by atoms with Gasteiger partial charge in [0.1, 0.15) is 5.75 Å². The van der Waals surface area contributed by atoms with Gasteiger partial charge in [-0.15, -0.1) is 0 Å². The van der Waals surface area contributed by atoms with Gasteiger partial charge in [0.2, 0.25) is 0 Å². The number of hydrogen-bond donors (Lipinski definition) is 1. The number of nitrogens with one attached hydrogen (secondary N) is 1. The van der Waals surface area contributed by atoms with Crippen molar-refractivity contribution in [1.82, 2.24) is 9.88 Å². The third kappa shape index (κ3) is 3.96. The second-order valence-electron chi connectivity index (χ2n) is 5.84. The Morgan fingerprint density at radius 1 is 1.16 bits per heavy atom. The van der Waals surface area contributed by atoms with Crippen LogP contribution in [0.15, 0.2) is 42.7 Å². The Bertz CT molecular complexity index is 770. The summed E-state index contributed by atoms with van der Waals surface area (Å²) in [6.45, 7) is 3.91. The Morgan fingerprint density at radius 3 is 2.64 bits per heavy atom. The van der Waals surface area contributed by atoms with Gasteiger partial charge in [-0.05, 0) is 38.0 Å². The Morgan fingerprint density at radius 2 is 1.88 bits per heavy atom. The van der Waals surface area contributed by atoms with Crippen LogP contribution in [0.4, 0.5) is 5.69 Å². The number of nitrogens with zero attached hydrogens (tertiary/aromatic N) is 2. The zero-order valence-electron chi connectivity index (χ0n) is 14.2. The molecule has 0 unspecified atom stereocenters. The van der Waals surface area contributed by atoms with Gasteiger partial charge in [0.25, 0.3) is 11.8 Å². The molecular weight excluding hydrogens is 318 g/mol. The van der Waals surface area contributed by atoms with Crippen molar-refractivity contribution in [2.24, 2.45) is 0 Å². The number of ether oxygens (including phenoxy) is 1. The molecule has 25 heavy (non-hydrogen) atoms. The largest absolute Gasteiger partial charge is 0.492 e. The summed E-state index contributed by atoms with van der Waals surface area (Å²) in [5.74, 6) is 0.209. The molecule has 2 aromatic rings. The van der Waals surface area contributed by atoms with Gasteiger partial charge in [0.15, 0.2) is 0 Å². The summed E-state index contributed by atoms with van der Waals surface area (Å²) in [4.78, 5) is 30.8. The molecule has 1 aromatic carbocycles. The predicted molar refractivity (Wildman–Crippen MR) is 94.9 cm³/mol. The summed E-state index contributed by atoms with van der Waals surface area (Å²) in [5.41, 5.74) is 1.37. The van der Waals surface area contributed by atoms with E-state index in [0.29, 0.717) is 29.2 Å². The van der Waals surface area contributed by atoms with Crippen LogP contribution in [-0.2, 0) is 0 Å². The van der Waals surface area contributed by atoms with E-state index in [9.17, 15) is 9.59 Å². The first kappa shape index (κ1) is 17.0. The lowest BCUT2D eigenvalue weighted by Crippen LogP contribution is -2.28. The second-order valence-corrected chi connectivity index (χ2v) is 5.84. The maximum atomic E-state index is 12.5. The molecular formula is C19H21N3O3. The summed E-state index contributed by atoms with van der Waals surface area (Å²) in [6.07, 6.45) is 5.01. The van der Waals surface area contributed by atoms with Crippen molar-refractivity contribution in [3.63, 3.8) is 0 Å². The zero-order chi connectivity index (χ0) is 17.6.